The van der Waals surface area contributed by atoms with Gasteiger partial charge in [-0.2, -0.15) is 0 Å². The molecule has 0 saturated carbocycles. The van der Waals surface area contributed by atoms with E-state index >= 15 is 0 Å². The van der Waals surface area contributed by atoms with Crippen LogP contribution in [-0.2, 0) is 0 Å². The first-order valence-electron chi connectivity index (χ1n) is 3.42. The molecule has 0 saturated heterocycles. The van der Waals surface area contributed by atoms with E-state index in [9.17, 15) is 0 Å². The summed E-state index contributed by atoms with van der Waals surface area (Å²) in [6, 6.07) is 0. The van der Waals surface area contributed by atoms with Gasteiger partial charge in [0, 0.05) is 0 Å². The second-order valence-corrected chi connectivity index (χ2v) is 12.2. The zero-order valence-corrected chi connectivity index (χ0v) is 9.49. The Morgan fingerprint density at radius 2 is 2.00 bits per heavy atom. The third-order valence-corrected chi connectivity index (χ3v) is 5.67. The first-order chi connectivity index (χ1) is 3.77. The molecule has 0 aromatic carbocycles. The predicted octanol–water partition coefficient (Wildman–Crippen LogP) is 1.35. The van der Waals surface area contributed by atoms with Crippen LogP contribution in [0.4, 0.5) is 0 Å². The second-order valence-electron chi connectivity index (χ2n) is 2.64. The van der Waals surface area contributed by atoms with Crippen molar-refractivity contribution in [3.63, 3.8) is 0 Å². The summed E-state index contributed by atoms with van der Waals surface area (Å²) in [5.41, 5.74) is 0. The van der Waals surface area contributed by atoms with Crippen molar-refractivity contribution < 1.29 is 0 Å². The molecule has 0 amide bonds. The summed E-state index contributed by atoms with van der Waals surface area (Å²) >= 11 is -0.809. The zero-order chi connectivity index (χ0) is 6.41. The van der Waals surface area contributed by atoms with Crippen molar-refractivity contribution in [3.05, 3.63) is 0 Å². The fraction of sp³-hybridized carbons (Fsp3) is 1.00. The average Bonchev–Trinajstić information content (AvgIpc) is 1.66. The predicted molar refractivity (Wildman–Crippen MR) is 40.8 cm³/mol. The Morgan fingerprint density at radius 3 is 2.38 bits per heavy atom. The monoisotopic (exact) mass is 217 g/mol. The van der Waals surface area contributed by atoms with Gasteiger partial charge in [0.15, 0.2) is 0 Å². The standard InChI is InChI=1S/C4H10N.2CH3.In/c1-3-4-5-2;;;/h5H,1,3-4H2,2H3;2*1H3;. The van der Waals surface area contributed by atoms with E-state index in [-0.39, 0.29) is 0 Å². The summed E-state index contributed by atoms with van der Waals surface area (Å²) in [6.07, 6.45) is 1.41. The van der Waals surface area contributed by atoms with Crippen LogP contribution in [0, 0.1) is 0 Å². The average molecular weight is 217 g/mol. The van der Waals surface area contributed by atoms with Gasteiger partial charge in [-0.3, -0.25) is 0 Å². The first kappa shape index (κ1) is 8.83. The van der Waals surface area contributed by atoms with Crippen LogP contribution in [0.1, 0.15) is 6.42 Å². The summed E-state index contributed by atoms with van der Waals surface area (Å²) in [6.45, 7) is 1.22. The van der Waals surface area contributed by atoms with Crippen LogP contribution >= 0.6 is 0 Å². The minimum atomic E-state index is -0.809. The number of hydrogen-bond donors (Lipinski definition) is 1. The molecule has 0 spiro atoms. The third-order valence-electron chi connectivity index (χ3n) is 1.21. The Balaban J connectivity index is 2.72. The van der Waals surface area contributed by atoms with E-state index in [0.29, 0.717) is 0 Å². The van der Waals surface area contributed by atoms with Crippen LogP contribution in [0.25, 0.3) is 0 Å². The van der Waals surface area contributed by atoms with Gasteiger partial charge in [0.25, 0.3) is 0 Å². The van der Waals surface area contributed by atoms with Crippen molar-refractivity contribution in [1.82, 2.24) is 5.32 Å². The molecule has 0 aliphatic heterocycles. The summed E-state index contributed by atoms with van der Waals surface area (Å²) in [5, 5.41) is 3.16. The Kier molecular flexibility index (Phi) is 6.58. The molecule has 1 nitrogen and oxygen atoms in total. The van der Waals surface area contributed by atoms with E-state index in [4.69, 9.17) is 0 Å². The molecule has 0 aliphatic rings. The van der Waals surface area contributed by atoms with Gasteiger partial charge in [-0.05, 0) is 0 Å². The molecule has 48 valence electrons. The molecule has 0 aromatic heterocycles. The van der Waals surface area contributed by atoms with Crippen LogP contribution < -0.4 is 5.32 Å². The molecule has 0 radical (unpaired) electrons. The Labute approximate surface area is 60.4 Å². The molecule has 0 fully saturated rings. The fourth-order valence-electron chi connectivity index (χ4n) is 0.687. The van der Waals surface area contributed by atoms with Crippen molar-refractivity contribution in [2.75, 3.05) is 13.6 Å². The molecule has 2 heteroatoms. The van der Waals surface area contributed by atoms with Crippen molar-refractivity contribution in [3.8, 4) is 0 Å². The van der Waals surface area contributed by atoms with Gasteiger partial charge in [0.05, 0.1) is 0 Å². The Morgan fingerprint density at radius 1 is 1.38 bits per heavy atom. The number of hydrogen-bond acceptors (Lipinski definition) is 1. The van der Waals surface area contributed by atoms with Crippen LogP contribution in [-0.4, -0.2) is 35.0 Å². The van der Waals surface area contributed by atoms with E-state index in [0.717, 1.165) is 0 Å². The Hall–Kier alpha value is 0.830. The van der Waals surface area contributed by atoms with Crippen molar-refractivity contribution in [1.29, 1.82) is 0 Å². The topological polar surface area (TPSA) is 12.0 Å². The van der Waals surface area contributed by atoms with Gasteiger partial charge in [-0.15, -0.1) is 0 Å². The van der Waals surface area contributed by atoms with Gasteiger partial charge < -0.3 is 0 Å². The molecule has 0 aromatic rings. The summed E-state index contributed by atoms with van der Waals surface area (Å²) in [7, 11) is 2.02. The third kappa shape index (κ3) is 6.83. The second kappa shape index (κ2) is 5.96. The maximum absolute atomic E-state index is 3.16. The molecular weight excluding hydrogens is 201 g/mol. The van der Waals surface area contributed by atoms with E-state index in [2.05, 4.69) is 14.7 Å². The molecule has 8 heavy (non-hydrogen) atoms. The molecule has 0 atom stereocenters. The fourth-order valence-corrected chi connectivity index (χ4v) is 3.60. The Bertz CT molecular complexity index is 45.8. The molecule has 0 unspecified atom stereocenters. The van der Waals surface area contributed by atoms with Gasteiger partial charge in [0.2, 0.25) is 0 Å². The van der Waals surface area contributed by atoms with Gasteiger partial charge >= 0.3 is 60.3 Å². The number of nitrogens with one attached hydrogen (secondary N) is 1. The van der Waals surface area contributed by atoms with Crippen molar-refractivity contribution in [2.45, 2.75) is 20.0 Å². The molecule has 0 bridgehead atoms. The quantitative estimate of drug-likeness (QED) is 0.701. The van der Waals surface area contributed by atoms with E-state index in [1.54, 1.807) is 4.18 Å². The zero-order valence-electron chi connectivity index (χ0n) is 6.20. The number of rotatable bonds is 4. The normalized spacial score (nSPS) is 9.38. The molecular formula is C6H16InN. The molecule has 0 aliphatic carbocycles. The SMILES string of the molecule is CNCC[CH2][In]([CH3])[CH3]. The molecule has 0 heterocycles. The van der Waals surface area contributed by atoms with Gasteiger partial charge in [0.1, 0.15) is 0 Å². The van der Waals surface area contributed by atoms with Crippen molar-refractivity contribution >= 4 is 21.4 Å². The minimum absolute atomic E-state index is 0.809. The van der Waals surface area contributed by atoms with Crippen LogP contribution in [0.2, 0.25) is 13.5 Å². The van der Waals surface area contributed by atoms with Crippen LogP contribution in [0.3, 0.4) is 0 Å². The van der Waals surface area contributed by atoms with Gasteiger partial charge in [-0.1, -0.05) is 0 Å². The maximum atomic E-state index is 3.16. The molecule has 1 N–H and O–H groups in total. The molecule has 0 rings (SSSR count). The van der Waals surface area contributed by atoms with Crippen LogP contribution in [0.5, 0.6) is 0 Å². The van der Waals surface area contributed by atoms with E-state index < -0.39 is 21.4 Å². The summed E-state index contributed by atoms with van der Waals surface area (Å²) in [4.78, 5) is 0. The summed E-state index contributed by atoms with van der Waals surface area (Å²) < 4.78 is 6.50. The van der Waals surface area contributed by atoms with E-state index in [1.807, 2.05) is 7.05 Å². The van der Waals surface area contributed by atoms with Gasteiger partial charge in [-0.25, -0.2) is 0 Å². The van der Waals surface area contributed by atoms with E-state index in [1.165, 1.54) is 13.0 Å². The van der Waals surface area contributed by atoms with Crippen LogP contribution in [0.15, 0.2) is 0 Å². The first-order valence-corrected chi connectivity index (χ1v) is 12.3. The summed E-state index contributed by atoms with van der Waals surface area (Å²) in [5.74, 6) is 0. The van der Waals surface area contributed by atoms with Crippen molar-refractivity contribution in [2.24, 2.45) is 0 Å².